The monoisotopic (exact) mass is 502 g/mol. The van der Waals surface area contributed by atoms with Crippen LogP contribution in [0.15, 0.2) is 35.3 Å². The van der Waals surface area contributed by atoms with Crippen molar-refractivity contribution in [3.8, 4) is 0 Å². The zero-order chi connectivity index (χ0) is 19.5. The van der Waals surface area contributed by atoms with Gasteiger partial charge in [-0.2, -0.15) is 0 Å². The summed E-state index contributed by atoms with van der Waals surface area (Å²) < 4.78 is 5.13. The summed E-state index contributed by atoms with van der Waals surface area (Å²) in [5, 5.41) is 6.00. The molecule has 0 aliphatic carbocycles. The number of ether oxygens (including phenoxy) is 1. The highest BCUT2D eigenvalue weighted by Crippen LogP contribution is 2.18. The van der Waals surface area contributed by atoms with Gasteiger partial charge in [-0.15, -0.1) is 24.0 Å². The predicted octanol–water partition coefficient (Wildman–Crippen LogP) is 1.81. The van der Waals surface area contributed by atoms with Crippen molar-refractivity contribution >= 4 is 41.8 Å². The Morgan fingerprint density at radius 2 is 2.00 bits per heavy atom. The number of benzene rings is 1. The van der Waals surface area contributed by atoms with Crippen LogP contribution in [0.1, 0.15) is 25.3 Å². The molecule has 8 heteroatoms. The highest BCUT2D eigenvalue weighted by atomic mass is 127. The van der Waals surface area contributed by atoms with Crippen LogP contribution in [0.4, 0.5) is 0 Å². The molecule has 1 unspecified atom stereocenters. The highest BCUT2D eigenvalue weighted by molar-refractivity contribution is 14.0. The number of aliphatic imine (C=N–C) groups is 1. The average molecular weight is 502 g/mol. The Morgan fingerprint density at radius 3 is 2.68 bits per heavy atom. The minimum absolute atomic E-state index is 0. The van der Waals surface area contributed by atoms with Crippen molar-refractivity contribution in [3.63, 3.8) is 0 Å². The normalized spacial score (nSPS) is 16.7. The van der Waals surface area contributed by atoms with Gasteiger partial charge in [-0.05, 0) is 31.7 Å². The molecule has 7 nitrogen and oxygen atoms in total. The number of hydrogen-bond donors (Lipinski definition) is 2. The van der Waals surface area contributed by atoms with E-state index in [0.717, 1.165) is 25.8 Å². The fraction of sp³-hybridized carbons (Fsp3) is 0.550. The first-order chi connectivity index (χ1) is 13.1. The van der Waals surface area contributed by atoms with Gasteiger partial charge in [0.05, 0.1) is 19.1 Å². The topological polar surface area (TPSA) is 83.0 Å². The number of halogens is 1. The quantitative estimate of drug-likeness (QED) is 0.257. The van der Waals surface area contributed by atoms with Crippen LogP contribution >= 0.6 is 24.0 Å². The van der Waals surface area contributed by atoms with Crippen molar-refractivity contribution in [3.05, 3.63) is 35.9 Å². The van der Waals surface area contributed by atoms with E-state index >= 15 is 0 Å². The van der Waals surface area contributed by atoms with Crippen molar-refractivity contribution < 1.29 is 14.3 Å². The van der Waals surface area contributed by atoms with Crippen LogP contribution in [-0.4, -0.2) is 62.6 Å². The number of nitrogens with one attached hydrogen (secondary N) is 2. The summed E-state index contributed by atoms with van der Waals surface area (Å²) in [4.78, 5) is 30.3. The van der Waals surface area contributed by atoms with E-state index in [1.54, 1.807) is 7.05 Å². The third-order valence-corrected chi connectivity index (χ3v) is 4.54. The Balaban J connectivity index is 0.00000392. The number of amides is 1. The molecule has 0 radical (unpaired) electrons. The van der Waals surface area contributed by atoms with E-state index in [9.17, 15) is 9.59 Å². The molecule has 1 aromatic carbocycles. The standard InChI is InChI=1S/C20H30N4O3.HI/c1-3-27-19(26)17-10-7-13-24(15-17)20(21-2)23-14-18(25)22-12-11-16-8-5-4-6-9-16;/h4-6,8-9,17H,3,7,10-15H2,1-2H3,(H,21,23)(H,22,25);1H. The largest absolute Gasteiger partial charge is 0.466 e. The van der Waals surface area contributed by atoms with Crippen molar-refractivity contribution in [1.29, 1.82) is 0 Å². The summed E-state index contributed by atoms with van der Waals surface area (Å²) in [5.74, 6) is 0.265. The molecule has 1 aliphatic rings. The van der Waals surface area contributed by atoms with Gasteiger partial charge in [0.2, 0.25) is 5.91 Å². The maximum absolute atomic E-state index is 12.1. The molecular formula is C20H31IN4O3. The lowest BCUT2D eigenvalue weighted by atomic mass is 9.98. The molecule has 0 saturated carbocycles. The van der Waals surface area contributed by atoms with Gasteiger partial charge in [0.25, 0.3) is 0 Å². The van der Waals surface area contributed by atoms with E-state index in [-0.39, 0.29) is 48.3 Å². The second-order valence-electron chi connectivity index (χ2n) is 6.52. The minimum Gasteiger partial charge on any atom is -0.466 e. The van der Waals surface area contributed by atoms with Gasteiger partial charge in [0.1, 0.15) is 0 Å². The minimum atomic E-state index is -0.156. The molecule has 0 spiro atoms. The summed E-state index contributed by atoms with van der Waals surface area (Å²) >= 11 is 0. The number of hydrogen-bond acceptors (Lipinski definition) is 4. The Labute approximate surface area is 184 Å². The zero-order valence-corrected chi connectivity index (χ0v) is 19.0. The highest BCUT2D eigenvalue weighted by Gasteiger charge is 2.28. The van der Waals surface area contributed by atoms with Crippen LogP contribution in [0.5, 0.6) is 0 Å². The maximum Gasteiger partial charge on any atom is 0.310 e. The second kappa shape index (κ2) is 13.4. The maximum atomic E-state index is 12.1. The number of esters is 1. The first-order valence-electron chi connectivity index (χ1n) is 9.57. The number of carbonyl (C=O) groups excluding carboxylic acids is 2. The summed E-state index contributed by atoms with van der Waals surface area (Å²) in [6, 6.07) is 10.0. The van der Waals surface area contributed by atoms with Crippen LogP contribution in [0.3, 0.4) is 0 Å². The Bertz CT molecular complexity index is 640. The van der Waals surface area contributed by atoms with Gasteiger partial charge in [0.15, 0.2) is 5.96 Å². The molecule has 1 fully saturated rings. The van der Waals surface area contributed by atoms with E-state index in [1.165, 1.54) is 5.56 Å². The Kier molecular flexibility index (Phi) is 11.5. The molecule has 1 amide bonds. The SMILES string of the molecule is CCOC(=O)C1CCCN(C(=NC)NCC(=O)NCCc2ccccc2)C1.I. The lowest BCUT2D eigenvalue weighted by Gasteiger charge is -2.33. The van der Waals surface area contributed by atoms with Crippen molar-refractivity contribution in [2.24, 2.45) is 10.9 Å². The molecule has 0 aromatic heterocycles. The first kappa shape index (κ1) is 24.2. The number of carbonyl (C=O) groups is 2. The number of piperidine rings is 1. The van der Waals surface area contributed by atoms with Crippen LogP contribution in [0.25, 0.3) is 0 Å². The fourth-order valence-electron chi connectivity index (χ4n) is 3.17. The summed E-state index contributed by atoms with van der Waals surface area (Å²) in [6.45, 7) is 4.33. The Morgan fingerprint density at radius 1 is 1.25 bits per heavy atom. The zero-order valence-electron chi connectivity index (χ0n) is 16.6. The van der Waals surface area contributed by atoms with Gasteiger partial charge in [-0.25, -0.2) is 0 Å². The number of likely N-dealkylation sites (tertiary alicyclic amines) is 1. The predicted molar refractivity (Wildman–Crippen MR) is 121 cm³/mol. The number of guanidine groups is 1. The fourth-order valence-corrected chi connectivity index (χ4v) is 3.17. The van der Waals surface area contributed by atoms with E-state index in [0.29, 0.717) is 25.7 Å². The van der Waals surface area contributed by atoms with E-state index in [4.69, 9.17) is 4.74 Å². The van der Waals surface area contributed by atoms with E-state index < -0.39 is 0 Å². The Hall–Kier alpha value is -1.84. The molecule has 28 heavy (non-hydrogen) atoms. The van der Waals surface area contributed by atoms with Crippen LogP contribution in [0.2, 0.25) is 0 Å². The molecule has 1 aromatic rings. The van der Waals surface area contributed by atoms with Gasteiger partial charge < -0.3 is 20.3 Å². The first-order valence-corrected chi connectivity index (χ1v) is 9.57. The number of rotatable bonds is 7. The molecule has 1 heterocycles. The smallest absolute Gasteiger partial charge is 0.310 e. The van der Waals surface area contributed by atoms with Crippen LogP contribution < -0.4 is 10.6 Å². The van der Waals surface area contributed by atoms with Gasteiger partial charge in [-0.3, -0.25) is 14.6 Å². The van der Waals surface area contributed by atoms with Crippen molar-refractivity contribution in [1.82, 2.24) is 15.5 Å². The summed E-state index contributed by atoms with van der Waals surface area (Å²) in [7, 11) is 1.68. The van der Waals surface area contributed by atoms with Crippen molar-refractivity contribution in [2.45, 2.75) is 26.2 Å². The average Bonchev–Trinajstić information content (AvgIpc) is 2.70. The van der Waals surface area contributed by atoms with E-state index in [2.05, 4.69) is 15.6 Å². The van der Waals surface area contributed by atoms with Crippen molar-refractivity contribution in [2.75, 3.05) is 39.8 Å². The summed E-state index contributed by atoms with van der Waals surface area (Å²) in [5.41, 5.74) is 1.19. The third-order valence-electron chi connectivity index (χ3n) is 4.54. The third kappa shape index (κ3) is 8.04. The summed E-state index contributed by atoms with van der Waals surface area (Å²) in [6.07, 6.45) is 2.52. The molecule has 1 atom stereocenters. The van der Waals surface area contributed by atoms with Gasteiger partial charge >= 0.3 is 5.97 Å². The lowest BCUT2D eigenvalue weighted by Crippen LogP contribution is -2.50. The molecule has 2 N–H and O–H groups in total. The molecule has 0 bridgehead atoms. The lowest BCUT2D eigenvalue weighted by molar-refractivity contribution is -0.149. The molecular weight excluding hydrogens is 471 g/mol. The molecule has 156 valence electrons. The number of nitrogens with zero attached hydrogens (tertiary/aromatic N) is 2. The van der Waals surface area contributed by atoms with Gasteiger partial charge in [-0.1, -0.05) is 30.3 Å². The molecule has 1 aliphatic heterocycles. The molecule has 1 saturated heterocycles. The van der Waals surface area contributed by atoms with E-state index in [1.807, 2.05) is 42.2 Å². The van der Waals surface area contributed by atoms with Gasteiger partial charge in [0, 0.05) is 26.7 Å². The van der Waals surface area contributed by atoms with Crippen LogP contribution in [0, 0.1) is 5.92 Å². The second-order valence-corrected chi connectivity index (χ2v) is 6.52. The van der Waals surface area contributed by atoms with Crippen LogP contribution in [-0.2, 0) is 20.7 Å². The molecule has 2 rings (SSSR count).